The summed E-state index contributed by atoms with van der Waals surface area (Å²) in [6, 6.07) is 4.08. The average Bonchev–Trinajstić information content (AvgIpc) is 2.56. The molecule has 0 saturated carbocycles. The van der Waals surface area contributed by atoms with Crippen LogP contribution >= 0.6 is 22.6 Å². The van der Waals surface area contributed by atoms with Crippen molar-refractivity contribution in [3.63, 3.8) is 0 Å². The smallest absolute Gasteiger partial charge is 0.225 e. The second-order valence-corrected chi connectivity index (χ2v) is 6.15. The summed E-state index contributed by atoms with van der Waals surface area (Å²) in [6.07, 6.45) is 5.55. The minimum atomic E-state index is 0.533. The molecule has 2 aromatic rings. The van der Waals surface area contributed by atoms with E-state index >= 15 is 0 Å². The van der Waals surface area contributed by atoms with Gasteiger partial charge in [-0.2, -0.15) is 0 Å². The Morgan fingerprint density at radius 1 is 0.952 bits per heavy atom. The molecule has 0 amide bonds. The molecule has 1 saturated heterocycles. The van der Waals surface area contributed by atoms with E-state index in [2.05, 4.69) is 47.3 Å². The Bertz CT molecular complexity index is 577. The van der Waals surface area contributed by atoms with Crippen molar-refractivity contribution in [1.82, 2.24) is 15.0 Å². The van der Waals surface area contributed by atoms with E-state index in [0.29, 0.717) is 6.54 Å². The fourth-order valence-corrected chi connectivity index (χ4v) is 2.61. The maximum atomic E-state index is 5.60. The molecule has 3 rings (SSSR count). The molecule has 21 heavy (non-hydrogen) atoms. The zero-order valence-corrected chi connectivity index (χ0v) is 13.8. The summed E-state index contributed by atoms with van der Waals surface area (Å²) in [6.45, 7) is 4.18. The maximum absolute atomic E-state index is 5.60. The molecule has 0 bridgehead atoms. The van der Waals surface area contributed by atoms with E-state index < -0.39 is 0 Å². The van der Waals surface area contributed by atoms with E-state index in [1.807, 2.05) is 30.7 Å². The van der Waals surface area contributed by atoms with E-state index in [-0.39, 0.29) is 0 Å². The average molecular weight is 396 g/mol. The van der Waals surface area contributed by atoms with Crippen LogP contribution in [0.5, 0.6) is 0 Å². The third-order valence-electron chi connectivity index (χ3n) is 3.54. The number of halogens is 1. The highest BCUT2D eigenvalue weighted by Gasteiger charge is 2.19. The molecule has 7 heteroatoms. The van der Waals surface area contributed by atoms with Crippen molar-refractivity contribution >= 4 is 34.4 Å². The minimum Gasteiger partial charge on any atom is -0.353 e. The van der Waals surface area contributed by atoms with Crippen molar-refractivity contribution in [2.45, 2.75) is 6.54 Å². The van der Waals surface area contributed by atoms with Gasteiger partial charge in [-0.1, -0.05) is 6.07 Å². The highest BCUT2D eigenvalue weighted by molar-refractivity contribution is 14.1. The van der Waals surface area contributed by atoms with E-state index in [9.17, 15) is 0 Å². The molecule has 0 radical (unpaired) electrons. The standard InChI is InChI=1S/C14H17IN6/c15-12-9-18-14(19-10-12)21-5-3-20(4-6-21)13-2-1-11(7-16)8-17-13/h1-2,8-10H,3-7,16H2. The summed E-state index contributed by atoms with van der Waals surface area (Å²) in [5.41, 5.74) is 6.66. The van der Waals surface area contributed by atoms with Crippen molar-refractivity contribution in [2.24, 2.45) is 5.73 Å². The molecule has 1 aliphatic rings. The molecule has 2 N–H and O–H groups in total. The second-order valence-electron chi connectivity index (χ2n) is 4.90. The Morgan fingerprint density at radius 2 is 1.62 bits per heavy atom. The Kier molecular flexibility index (Phi) is 4.49. The van der Waals surface area contributed by atoms with Crippen molar-refractivity contribution in [1.29, 1.82) is 0 Å². The predicted molar refractivity (Wildman–Crippen MR) is 91.3 cm³/mol. The zero-order valence-electron chi connectivity index (χ0n) is 11.6. The van der Waals surface area contributed by atoms with E-state index in [1.165, 1.54) is 0 Å². The summed E-state index contributed by atoms with van der Waals surface area (Å²) in [5.74, 6) is 1.82. The zero-order chi connectivity index (χ0) is 14.7. The number of hydrogen-bond acceptors (Lipinski definition) is 6. The Morgan fingerprint density at radius 3 is 2.19 bits per heavy atom. The lowest BCUT2D eigenvalue weighted by atomic mass is 10.2. The van der Waals surface area contributed by atoms with Gasteiger partial charge in [0.2, 0.25) is 5.95 Å². The molecule has 1 aliphatic heterocycles. The molecular weight excluding hydrogens is 379 g/mol. The van der Waals surface area contributed by atoms with Crippen LogP contribution in [0.3, 0.4) is 0 Å². The summed E-state index contributed by atoms with van der Waals surface area (Å²) < 4.78 is 1.05. The third kappa shape index (κ3) is 3.41. The number of pyridine rings is 1. The van der Waals surface area contributed by atoms with Gasteiger partial charge >= 0.3 is 0 Å². The predicted octanol–water partition coefficient (Wildman–Crippen LogP) is 1.26. The molecule has 110 valence electrons. The first-order chi connectivity index (χ1) is 10.3. The Hall–Kier alpha value is -1.48. The summed E-state index contributed by atoms with van der Waals surface area (Å²) in [4.78, 5) is 17.7. The van der Waals surface area contributed by atoms with Gasteiger partial charge in [0.25, 0.3) is 0 Å². The van der Waals surface area contributed by atoms with Crippen LogP contribution < -0.4 is 15.5 Å². The molecule has 0 unspecified atom stereocenters. The topological polar surface area (TPSA) is 71.2 Å². The minimum absolute atomic E-state index is 0.533. The number of piperazine rings is 1. The molecule has 0 aromatic carbocycles. The fourth-order valence-electron chi connectivity index (χ4n) is 2.33. The molecule has 0 aliphatic carbocycles. The number of anilines is 2. The molecule has 0 spiro atoms. The summed E-state index contributed by atoms with van der Waals surface area (Å²) >= 11 is 2.22. The largest absolute Gasteiger partial charge is 0.353 e. The Labute approximate surface area is 137 Å². The lowest BCUT2D eigenvalue weighted by Crippen LogP contribution is -2.47. The number of nitrogens with two attached hydrogens (primary N) is 1. The van der Waals surface area contributed by atoms with E-state index in [4.69, 9.17) is 5.73 Å². The molecule has 2 aromatic heterocycles. The third-order valence-corrected chi connectivity index (χ3v) is 4.10. The number of rotatable bonds is 3. The molecule has 0 atom stereocenters. The highest BCUT2D eigenvalue weighted by Crippen LogP contribution is 2.16. The van der Waals surface area contributed by atoms with Gasteiger partial charge in [-0.05, 0) is 34.2 Å². The quantitative estimate of drug-likeness (QED) is 0.788. The molecule has 1 fully saturated rings. The second kappa shape index (κ2) is 6.52. The monoisotopic (exact) mass is 396 g/mol. The molecule has 6 nitrogen and oxygen atoms in total. The van der Waals surface area contributed by atoms with Crippen LogP contribution in [0, 0.1) is 3.57 Å². The first kappa shape index (κ1) is 14.5. The van der Waals surface area contributed by atoms with Crippen molar-refractivity contribution in [3.8, 4) is 0 Å². The van der Waals surface area contributed by atoms with Gasteiger partial charge in [0, 0.05) is 54.9 Å². The summed E-state index contributed by atoms with van der Waals surface area (Å²) in [7, 11) is 0. The van der Waals surface area contributed by atoms with Gasteiger partial charge in [0.15, 0.2) is 0 Å². The number of hydrogen-bond donors (Lipinski definition) is 1. The van der Waals surface area contributed by atoms with Gasteiger partial charge in [0.1, 0.15) is 5.82 Å². The number of nitrogens with zero attached hydrogens (tertiary/aromatic N) is 5. The van der Waals surface area contributed by atoms with Crippen LogP contribution in [0.1, 0.15) is 5.56 Å². The maximum Gasteiger partial charge on any atom is 0.225 e. The van der Waals surface area contributed by atoms with Gasteiger partial charge in [-0.15, -0.1) is 0 Å². The van der Waals surface area contributed by atoms with Crippen LogP contribution in [0.2, 0.25) is 0 Å². The SMILES string of the molecule is NCc1ccc(N2CCN(c3ncc(I)cn3)CC2)nc1. The Balaban J connectivity index is 1.62. The van der Waals surface area contributed by atoms with Gasteiger partial charge < -0.3 is 15.5 Å². The van der Waals surface area contributed by atoms with Gasteiger partial charge in [0.05, 0.1) is 0 Å². The van der Waals surface area contributed by atoms with Gasteiger partial charge in [-0.25, -0.2) is 15.0 Å². The summed E-state index contributed by atoms with van der Waals surface area (Å²) in [5, 5.41) is 0. The van der Waals surface area contributed by atoms with Crippen molar-refractivity contribution in [3.05, 3.63) is 39.9 Å². The lowest BCUT2D eigenvalue weighted by molar-refractivity contribution is 0.634. The molecule has 3 heterocycles. The highest BCUT2D eigenvalue weighted by atomic mass is 127. The lowest BCUT2D eigenvalue weighted by Gasteiger charge is -2.35. The van der Waals surface area contributed by atoms with E-state index in [1.54, 1.807) is 0 Å². The normalized spacial score (nSPS) is 15.3. The van der Waals surface area contributed by atoms with Crippen molar-refractivity contribution in [2.75, 3.05) is 36.0 Å². The number of aromatic nitrogens is 3. The first-order valence-corrected chi connectivity index (χ1v) is 7.96. The van der Waals surface area contributed by atoms with Gasteiger partial charge in [-0.3, -0.25) is 0 Å². The van der Waals surface area contributed by atoms with Crippen molar-refractivity contribution < 1.29 is 0 Å². The fraction of sp³-hybridized carbons (Fsp3) is 0.357. The van der Waals surface area contributed by atoms with E-state index in [0.717, 1.165) is 47.1 Å². The van der Waals surface area contributed by atoms with Crippen LogP contribution in [0.4, 0.5) is 11.8 Å². The molecular formula is C14H17IN6. The van der Waals surface area contributed by atoms with Crippen LogP contribution in [-0.4, -0.2) is 41.1 Å². The van der Waals surface area contributed by atoms with Crippen LogP contribution in [0.15, 0.2) is 30.7 Å². The van der Waals surface area contributed by atoms with Crippen LogP contribution in [0.25, 0.3) is 0 Å². The first-order valence-electron chi connectivity index (χ1n) is 6.89. The van der Waals surface area contributed by atoms with Crippen LogP contribution in [-0.2, 0) is 6.54 Å².